The number of benzene rings is 1. The lowest BCUT2D eigenvalue weighted by atomic mass is 9.86. The van der Waals surface area contributed by atoms with E-state index in [0.717, 1.165) is 17.7 Å². The molecule has 9 heteroatoms. The summed E-state index contributed by atoms with van der Waals surface area (Å²) >= 11 is 0. The summed E-state index contributed by atoms with van der Waals surface area (Å²) in [4.78, 5) is 27.9. The van der Waals surface area contributed by atoms with Gasteiger partial charge in [0.15, 0.2) is 0 Å². The van der Waals surface area contributed by atoms with E-state index in [0.29, 0.717) is 39.0 Å². The van der Waals surface area contributed by atoms with Crippen molar-refractivity contribution in [3.05, 3.63) is 35.4 Å². The Morgan fingerprint density at radius 1 is 1.21 bits per heavy atom. The first-order valence-corrected chi connectivity index (χ1v) is 9.77. The fourth-order valence-electron chi connectivity index (χ4n) is 4.27. The summed E-state index contributed by atoms with van der Waals surface area (Å²) in [6, 6.07) is 4.93. The van der Waals surface area contributed by atoms with Crippen molar-refractivity contribution in [2.24, 2.45) is 5.92 Å². The highest BCUT2D eigenvalue weighted by molar-refractivity contribution is 5.79. The van der Waals surface area contributed by atoms with Crippen LogP contribution in [0.15, 0.2) is 24.3 Å². The third kappa shape index (κ3) is 4.05. The van der Waals surface area contributed by atoms with E-state index in [9.17, 15) is 22.8 Å². The molecule has 3 aliphatic rings. The molecule has 3 aliphatic heterocycles. The van der Waals surface area contributed by atoms with Crippen molar-refractivity contribution in [2.45, 2.75) is 37.6 Å². The minimum Gasteiger partial charge on any atom is -0.363 e. The van der Waals surface area contributed by atoms with E-state index in [1.165, 1.54) is 12.1 Å². The molecule has 3 amide bonds. The van der Waals surface area contributed by atoms with Crippen molar-refractivity contribution >= 4 is 11.9 Å². The maximum atomic E-state index is 12.8. The molecule has 0 bridgehead atoms. The Kier molecular flexibility index (Phi) is 4.96. The van der Waals surface area contributed by atoms with Gasteiger partial charge in [0.25, 0.3) is 0 Å². The predicted molar refractivity (Wildman–Crippen MR) is 98.1 cm³/mol. The molecule has 6 nitrogen and oxygen atoms in total. The lowest BCUT2D eigenvalue weighted by Crippen LogP contribution is -2.68. The number of hydrogen-bond donors (Lipinski definition) is 1. The number of hydrogen-bond acceptors (Lipinski definition) is 3. The molecule has 0 aliphatic carbocycles. The van der Waals surface area contributed by atoms with E-state index >= 15 is 0 Å². The molecule has 29 heavy (non-hydrogen) atoms. The molecule has 0 saturated carbocycles. The van der Waals surface area contributed by atoms with Crippen LogP contribution in [0.4, 0.5) is 18.0 Å². The van der Waals surface area contributed by atoms with Gasteiger partial charge in [-0.3, -0.25) is 4.79 Å². The number of amides is 3. The van der Waals surface area contributed by atoms with Gasteiger partial charge >= 0.3 is 12.2 Å². The largest absolute Gasteiger partial charge is 0.416 e. The van der Waals surface area contributed by atoms with Gasteiger partial charge in [0.2, 0.25) is 5.91 Å². The number of likely N-dealkylation sites (tertiary alicyclic amines) is 2. The second-order valence-corrected chi connectivity index (χ2v) is 8.37. The Bertz CT molecular complexity index is 792. The molecule has 3 fully saturated rings. The molecule has 0 unspecified atom stereocenters. The van der Waals surface area contributed by atoms with Crippen LogP contribution in [0, 0.1) is 5.92 Å². The van der Waals surface area contributed by atoms with Crippen molar-refractivity contribution in [3.8, 4) is 0 Å². The Morgan fingerprint density at radius 3 is 2.55 bits per heavy atom. The van der Waals surface area contributed by atoms with Gasteiger partial charge in [-0.05, 0) is 43.4 Å². The fraction of sp³-hybridized carbons (Fsp3) is 0.600. The number of morpholine rings is 1. The third-order valence-corrected chi connectivity index (χ3v) is 6.19. The summed E-state index contributed by atoms with van der Waals surface area (Å²) in [5.74, 6) is 0.0748. The lowest BCUT2D eigenvalue weighted by Gasteiger charge is -2.50. The lowest BCUT2D eigenvalue weighted by molar-refractivity contribution is -0.156. The Labute approximate surface area is 167 Å². The van der Waals surface area contributed by atoms with Crippen LogP contribution in [0.3, 0.4) is 0 Å². The van der Waals surface area contributed by atoms with Gasteiger partial charge in [-0.2, -0.15) is 13.2 Å². The summed E-state index contributed by atoms with van der Waals surface area (Å²) in [5.41, 5.74) is -0.251. The summed E-state index contributed by atoms with van der Waals surface area (Å²) in [6.45, 7) is 4.17. The van der Waals surface area contributed by atoms with E-state index in [1.54, 1.807) is 9.80 Å². The van der Waals surface area contributed by atoms with E-state index in [4.69, 9.17) is 4.74 Å². The third-order valence-electron chi connectivity index (χ3n) is 6.19. The molecule has 0 radical (unpaired) electrons. The standard InChI is InChI=1S/C20H24F3N3O3/c1-19-6-7-25(11-16(19)24-17(27)12-29-19)18(28)26-9-14(10-26)8-13-2-4-15(5-3-13)20(21,22)23/h2-5,14,16H,6-12H2,1H3,(H,24,27)/t16-,19+/m1/s1. The van der Waals surface area contributed by atoms with Gasteiger partial charge in [-0.25, -0.2) is 4.79 Å². The van der Waals surface area contributed by atoms with Crippen LogP contribution >= 0.6 is 0 Å². The second-order valence-electron chi connectivity index (χ2n) is 8.37. The Balaban J connectivity index is 1.28. The number of fused-ring (bicyclic) bond motifs is 1. The van der Waals surface area contributed by atoms with Crippen molar-refractivity contribution in [3.63, 3.8) is 0 Å². The molecule has 3 heterocycles. The monoisotopic (exact) mass is 411 g/mol. The van der Waals surface area contributed by atoms with Crippen molar-refractivity contribution in [1.82, 2.24) is 15.1 Å². The van der Waals surface area contributed by atoms with E-state index in [-0.39, 0.29) is 30.5 Å². The number of carbonyl (C=O) groups excluding carboxylic acids is 2. The Hall–Kier alpha value is -2.29. The average molecular weight is 411 g/mol. The molecule has 1 aromatic carbocycles. The zero-order valence-electron chi connectivity index (χ0n) is 16.2. The summed E-state index contributed by atoms with van der Waals surface area (Å²) < 4.78 is 43.6. The molecule has 4 rings (SSSR count). The van der Waals surface area contributed by atoms with Crippen LogP contribution in [0.1, 0.15) is 24.5 Å². The number of nitrogens with one attached hydrogen (secondary N) is 1. The highest BCUT2D eigenvalue weighted by Gasteiger charge is 2.46. The first-order valence-electron chi connectivity index (χ1n) is 9.77. The molecule has 158 valence electrons. The first kappa shape index (κ1) is 20.0. The maximum absolute atomic E-state index is 12.8. The number of alkyl halides is 3. The number of urea groups is 1. The van der Waals surface area contributed by atoms with Gasteiger partial charge < -0.3 is 19.9 Å². The van der Waals surface area contributed by atoms with E-state index in [2.05, 4.69) is 5.32 Å². The normalized spacial score (nSPS) is 27.9. The smallest absolute Gasteiger partial charge is 0.363 e. The molecule has 3 saturated heterocycles. The molecule has 0 spiro atoms. The van der Waals surface area contributed by atoms with Crippen LogP contribution < -0.4 is 5.32 Å². The van der Waals surface area contributed by atoms with Crippen LogP contribution in [0.25, 0.3) is 0 Å². The highest BCUT2D eigenvalue weighted by Crippen LogP contribution is 2.32. The molecular weight excluding hydrogens is 387 g/mol. The van der Waals surface area contributed by atoms with Crippen molar-refractivity contribution in [2.75, 3.05) is 32.8 Å². The minimum absolute atomic E-state index is 0.0543. The first-order chi connectivity index (χ1) is 13.6. The van der Waals surface area contributed by atoms with Gasteiger partial charge in [0, 0.05) is 26.2 Å². The van der Waals surface area contributed by atoms with Crippen molar-refractivity contribution < 1.29 is 27.5 Å². The van der Waals surface area contributed by atoms with E-state index < -0.39 is 17.3 Å². The van der Waals surface area contributed by atoms with Crippen LogP contribution in [0.2, 0.25) is 0 Å². The quantitative estimate of drug-likeness (QED) is 0.812. The van der Waals surface area contributed by atoms with E-state index in [1.807, 2.05) is 6.92 Å². The number of nitrogens with zero attached hydrogens (tertiary/aromatic N) is 2. The van der Waals surface area contributed by atoms with Crippen LogP contribution in [0.5, 0.6) is 0 Å². The second kappa shape index (κ2) is 7.19. The number of halogens is 3. The summed E-state index contributed by atoms with van der Waals surface area (Å²) in [5, 5.41) is 2.92. The number of piperidine rings is 1. The SMILES string of the molecule is C[C@]12CCN(C(=O)N3CC(Cc4ccc(C(F)(F)F)cc4)C3)C[C@H]1NC(=O)CO2. The average Bonchev–Trinajstić information content (AvgIpc) is 2.63. The van der Waals surface area contributed by atoms with Gasteiger partial charge in [0.1, 0.15) is 6.61 Å². The van der Waals surface area contributed by atoms with Gasteiger partial charge in [0.05, 0.1) is 17.2 Å². The number of carbonyl (C=O) groups is 2. The maximum Gasteiger partial charge on any atom is 0.416 e. The molecule has 1 aromatic rings. The van der Waals surface area contributed by atoms with Crippen molar-refractivity contribution in [1.29, 1.82) is 0 Å². The molecule has 2 atom stereocenters. The predicted octanol–water partition coefficient (Wildman–Crippen LogP) is 2.28. The van der Waals surface area contributed by atoms with Gasteiger partial charge in [-0.15, -0.1) is 0 Å². The van der Waals surface area contributed by atoms with Crippen LogP contribution in [-0.4, -0.2) is 66.2 Å². The van der Waals surface area contributed by atoms with Crippen LogP contribution in [-0.2, 0) is 22.1 Å². The molecular formula is C20H24F3N3O3. The molecule has 0 aromatic heterocycles. The topological polar surface area (TPSA) is 61.9 Å². The summed E-state index contributed by atoms with van der Waals surface area (Å²) in [7, 11) is 0. The highest BCUT2D eigenvalue weighted by atomic mass is 19.4. The number of ether oxygens (including phenoxy) is 1. The minimum atomic E-state index is -4.33. The number of rotatable bonds is 2. The van der Waals surface area contributed by atoms with Gasteiger partial charge in [-0.1, -0.05) is 12.1 Å². The molecule has 1 N–H and O–H groups in total. The fourth-order valence-corrected chi connectivity index (χ4v) is 4.27. The zero-order valence-corrected chi connectivity index (χ0v) is 16.2. The zero-order chi connectivity index (χ0) is 20.8. The summed E-state index contributed by atoms with van der Waals surface area (Å²) in [6.07, 6.45) is -3.02. The Morgan fingerprint density at radius 2 is 1.90 bits per heavy atom.